The van der Waals surface area contributed by atoms with E-state index in [1.165, 1.54) is 0 Å². The fourth-order valence-electron chi connectivity index (χ4n) is 3.02. The maximum atomic E-state index is 12.9. The molecule has 0 aromatic heterocycles. The zero-order valence-electron chi connectivity index (χ0n) is 16.6. The molecule has 3 aromatic carbocycles. The Kier molecular flexibility index (Phi) is 7.60. The molecule has 0 bridgehead atoms. The number of carbonyl (C=O) groups excluding carboxylic acids is 2. The molecule has 0 saturated carbocycles. The first-order valence-electron chi connectivity index (χ1n) is 9.52. The monoisotopic (exact) mass is 422 g/mol. The first-order valence-corrected chi connectivity index (χ1v) is 9.90. The van der Waals surface area contributed by atoms with Crippen LogP contribution in [0.2, 0.25) is 5.02 Å². The van der Waals surface area contributed by atoms with Crippen LogP contribution in [-0.2, 0) is 22.7 Å². The molecule has 0 saturated heterocycles. The third-order valence-electron chi connectivity index (χ3n) is 4.55. The minimum Gasteiger partial charge on any atom is -0.380 e. The summed E-state index contributed by atoms with van der Waals surface area (Å²) in [7, 11) is 1.60. The van der Waals surface area contributed by atoms with Crippen LogP contribution >= 0.6 is 11.6 Å². The van der Waals surface area contributed by atoms with Crippen LogP contribution in [0.5, 0.6) is 0 Å². The van der Waals surface area contributed by atoms with Crippen LogP contribution in [0, 0.1) is 0 Å². The van der Waals surface area contributed by atoms with Gasteiger partial charge in [0, 0.05) is 24.2 Å². The van der Waals surface area contributed by atoms with Gasteiger partial charge in [-0.3, -0.25) is 9.59 Å². The molecule has 2 N–H and O–H groups in total. The lowest BCUT2D eigenvalue weighted by Crippen LogP contribution is -2.40. The second kappa shape index (κ2) is 10.6. The van der Waals surface area contributed by atoms with Gasteiger partial charge in [-0.05, 0) is 41.0 Å². The summed E-state index contributed by atoms with van der Waals surface area (Å²) in [5.41, 5.74) is 2.97. The van der Waals surface area contributed by atoms with Crippen molar-refractivity contribution in [3.05, 3.63) is 106 Å². The Labute approximate surface area is 181 Å². The summed E-state index contributed by atoms with van der Waals surface area (Å²) >= 11 is 5.91. The molecule has 0 radical (unpaired) electrons. The largest absolute Gasteiger partial charge is 0.380 e. The Morgan fingerprint density at radius 1 is 0.933 bits per heavy atom. The fraction of sp³-hybridized carbons (Fsp3) is 0.167. The molecule has 5 nitrogen and oxygen atoms in total. The summed E-state index contributed by atoms with van der Waals surface area (Å²) in [6.07, 6.45) is 0. The lowest BCUT2D eigenvalue weighted by molar-refractivity contribution is -0.123. The Morgan fingerprint density at radius 2 is 1.67 bits per heavy atom. The van der Waals surface area contributed by atoms with Gasteiger partial charge in [-0.15, -0.1) is 0 Å². The van der Waals surface area contributed by atoms with Crippen LogP contribution in [0.25, 0.3) is 0 Å². The van der Waals surface area contributed by atoms with Crippen molar-refractivity contribution in [2.24, 2.45) is 0 Å². The topological polar surface area (TPSA) is 67.4 Å². The van der Waals surface area contributed by atoms with Crippen molar-refractivity contribution in [2.75, 3.05) is 7.11 Å². The van der Waals surface area contributed by atoms with Gasteiger partial charge in [0.2, 0.25) is 5.91 Å². The van der Waals surface area contributed by atoms with E-state index in [4.69, 9.17) is 16.3 Å². The molecule has 3 rings (SSSR count). The van der Waals surface area contributed by atoms with Crippen molar-refractivity contribution < 1.29 is 14.3 Å². The summed E-state index contributed by atoms with van der Waals surface area (Å²) in [4.78, 5) is 25.8. The average Bonchev–Trinajstić information content (AvgIpc) is 2.78. The van der Waals surface area contributed by atoms with Crippen molar-refractivity contribution in [2.45, 2.75) is 19.2 Å². The number of amides is 2. The van der Waals surface area contributed by atoms with Gasteiger partial charge in [0.25, 0.3) is 5.91 Å². The van der Waals surface area contributed by atoms with E-state index >= 15 is 0 Å². The van der Waals surface area contributed by atoms with E-state index in [9.17, 15) is 9.59 Å². The van der Waals surface area contributed by atoms with E-state index in [2.05, 4.69) is 10.6 Å². The number of hydrogen-bond acceptors (Lipinski definition) is 3. The van der Waals surface area contributed by atoms with Gasteiger partial charge < -0.3 is 15.4 Å². The first-order chi connectivity index (χ1) is 14.6. The minimum atomic E-state index is -0.822. The first kappa shape index (κ1) is 21.6. The van der Waals surface area contributed by atoms with Gasteiger partial charge in [-0.2, -0.15) is 0 Å². The highest BCUT2D eigenvalue weighted by Crippen LogP contribution is 2.16. The summed E-state index contributed by atoms with van der Waals surface area (Å²) in [5.74, 6) is -0.624. The van der Waals surface area contributed by atoms with Crippen molar-refractivity contribution in [1.29, 1.82) is 0 Å². The third-order valence-corrected chi connectivity index (χ3v) is 4.80. The SMILES string of the molecule is COCc1cccc(C(=O)N[C@@H](C(=O)NCc2ccc(Cl)cc2)c2ccccc2)c1. The molecule has 0 aliphatic rings. The molecule has 6 heteroatoms. The summed E-state index contributed by atoms with van der Waals surface area (Å²) in [6.45, 7) is 0.739. The maximum Gasteiger partial charge on any atom is 0.252 e. The quantitative estimate of drug-likeness (QED) is 0.569. The highest BCUT2D eigenvalue weighted by molar-refractivity contribution is 6.30. The van der Waals surface area contributed by atoms with Gasteiger partial charge in [-0.1, -0.05) is 66.2 Å². The second-order valence-corrected chi connectivity index (χ2v) is 7.23. The zero-order valence-corrected chi connectivity index (χ0v) is 17.4. The van der Waals surface area contributed by atoms with Gasteiger partial charge in [0.05, 0.1) is 6.61 Å². The van der Waals surface area contributed by atoms with Crippen molar-refractivity contribution >= 4 is 23.4 Å². The van der Waals surface area contributed by atoms with Gasteiger partial charge in [0.1, 0.15) is 6.04 Å². The lowest BCUT2D eigenvalue weighted by atomic mass is 10.0. The molecule has 0 unspecified atom stereocenters. The molecule has 154 valence electrons. The molecule has 1 atom stereocenters. The highest BCUT2D eigenvalue weighted by Gasteiger charge is 2.23. The number of methoxy groups -OCH3 is 1. The number of carbonyl (C=O) groups is 2. The van der Waals surface area contributed by atoms with E-state index < -0.39 is 6.04 Å². The number of hydrogen-bond donors (Lipinski definition) is 2. The Bertz CT molecular complexity index is 991. The predicted octanol–water partition coefficient (Wildman–Crippen LogP) is 4.27. The predicted molar refractivity (Wildman–Crippen MR) is 117 cm³/mol. The van der Waals surface area contributed by atoms with Gasteiger partial charge >= 0.3 is 0 Å². The van der Waals surface area contributed by atoms with Gasteiger partial charge in [0.15, 0.2) is 0 Å². The molecular weight excluding hydrogens is 400 g/mol. The van der Waals surface area contributed by atoms with E-state index in [1.54, 1.807) is 37.4 Å². The second-order valence-electron chi connectivity index (χ2n) is 6.79. The molecule has 0 heterocycles. The molecule has 0 fully saturated rings. The standard InChI is InChI=1S/C24H23ClN2O3/c1-30-16-18-6-5-9-20(14-18)23(28)27-22(19-7-3-2-4-8-19)24(29)26-15-17-10-12-21(25)13-11-17/h2-14,22H,15-16H2,1H3,(H,26,29)(H,27,28)/t22-/m1/s1. The van der Waals surface area contributed by atoms with Crippen LogP contribution < -0.4 is 10.6 Å². The average molecular weight is 423 g/mol. The number of benzene rings is 3. The zero-order chi connectivity index (χ0) is 21.3. The molecule has 3 aromatic rings. The van der Waals surface area contributed by atoms with Crippen molar-refractivity contribution in [3.8, 4) is 0 Å². The van der Waals surface area contributed by atoms with Crippen LogP contribution in [0.15, 0.2) is 78.9 Å². The highest BCUT2D eigenvalue weighted by atomic mass is 35.5. The van der Waals surface area contributed by atoms with Crippen molar-refractivity contribution in [1.82, 2.24) is 10.6 Å². The van der Waals surface area contributed by atoms with Crippen LogP contribution in [-0.4, -0.2) is 18.9 Å². The molecular formula is C24H23ClN2O3. The summed E-state index contributed by atoms with van der Waals surface area (Å²) in [6, 6.07) is 22.7. The lowest BCUT2D eigenvalue weighted by Gasteiger charge is -2.19. The Hall–Kier alpha value is -3.15. The summed E-state index contributed by atoms with van der Waals surface area (Å²) in [5, 5.41) is 6.37. The molecule has 2 amide bonds. The van der Waals surface area contributed by atoms with Crippen LogP contribution in [0.1, 0.15) is 33.1 Å². The van der Waals surface area contributed by atoms with E-state index in [0.717, 1.165) is 11.1 Å². The molecule has 30 heavy (non-hydrogen) atoms. The van der Waals surface area contributed by atoms with Crippen LogP contribution in [0.3, 0.4) is 0 Å². The third kappa shape index (κ3) is 5.92. The minimum absolute atomic E-state index is 0.294. The number of halogens is 1. The van der Waals surface area contributed by atoms with Crippen molar-refractivity contribution in [3.63, 3.8) is 0 Å². The maximum absolute atomic E-state index is 12.9. The normalized spacial score (nSPS) is 11.5. The van der Waals surface area contributed by atoms with E-state index in [1.807, 2.05) is 48.5 Å². The smallest absolute Gasteiger partial charge is 0.252 e. The fourth-order valence-corrected chi connectivity index (χ4v) is 3.15. The summed E-state index contributed by atoms with van der Waals surface area (Å²) < 4.78 is 5.13. The molecule has 0 aliphatic heterocycles. The molecule has 0 spiro atoms. The molecule has 0 aliphatic carbocycles. The van der Waals surface area contributed by atoms with E-state index in [-0.39, 0.29) is 11.8 Å². The number of ether oxygens (including phenoxy) is 1. The van der Waals surface area contributed by atoms with Crippen LogP contribution in [0.4, 0.5) is 0 Å². The number of nitrogens with one attached hydrogen (secondary N) is 2. The van der Waals surface area contributed by atoms with E-state index in [0.29, 0.717) is 29.3 Å². The Balaban J connectivity index is 1.75. The Morgan fingerprint density at radius 3 is 2.37 bits per heavy atom. The number of rotatable bonds is 8. The van der Waals surface area contributed by atoms with Gasteiger partial charge in [-0.25, -0.2) is 0 Å².